The lowest BCUT2D eigenvalue weighted by Gasteiger charge is -2.43. The summed E-state index contributed by atoms with van der Waals surface area (Å²) in [6, 6.07) is 0. The van der Waals surface area contributed by atoms with Crippen LogP contribution in [0.2, 0.25) is 0 Å². The van der Waals surface area contributed by atoms with E-state index in [0.29, 0.717) is 0 Å². The highest BCUT2D eigenvalue weighted by molar-refractivity contribution is 5.89. The molecule has 2 aliphatic carbocycles. The first-order chi connectivity index (χ1) is 7.99. The summed E-state index contributed by atoms with van der Waals surface area (Å²) in [5.41, 5.74) is 5.51. The van der Waals surface area contributed by atoms with Crippen molar-refractivity contribution in [3.05, 3.63) is 0 Å². The van der Waals surface area contributed by atoms with Crippen molar-refractivity contribution in [3.8, 4) is 0 Å². The van der Waals surface area contributed by atoms with Crippen molar-refractivity contribution in [3.63, 3.8) is 0 Å². The Hall–Kier alpha value is -0.320. The van der Waals surface area contributed by atoms with Crippen molar-refractivity contribution in [1.82, 2.24) is 10.2 Å². The molecule has 0 aliphatic heterocycles. The van der Waals surface area contributed by atoms with E-state index in [1.165, 1.54) is 32.1 Å². The van der Waals surface area contributed by atoms with Gasteiger partial charge in [-0.25, -0.2) is 0 Å². The van der Waals surface area contributed by atoms with Gasteiger partial charge in [-0.1, -0.05) is 19.3 Å². The third kappa shape index (κ3) is 3.16. The van der Waals surface area contributed by atoms with Crippen LogP contribution in [0.15, 0.2) is 0 Å². The lowest BCUT2D eigenvalue weighted by Crippen LogP contribution is -2.56. The van der Waals surface area contributed by atoms with Gasteiger partial charge in [-0.05, 0) is 39.8 Å². The number of carbonyl (C=O) groups is 1. The lowest BCUT2D eigenvalue weighted by molar-refractivity contribution is -0.124. The van der Waals surface area contributed by atoms with Gasteiger partial charge in [-0.3, -0.25) is 4.79 Å². The summed E-state index contributed by atoms with van der Waals surface area (Å²) in [6.45, 7) is 0.748. The van der Waals surface area contributed by atoms with Crippen LogP contribution in [0.5, 0.6) is 0 Å². The summed E-state index contributed by atoms with van der Waals surface area (Å²) in [5.74, 6) is 0.0456. The van der Waals surface area contributed by atoms with Crippen LogP contribution in [0.3, 0.4) is 0 Å². The summed E-state index contributed by atoms with van der Waals surface area (Å²) >= 11 is 0. The summed E-state index contributed by atoms with van der Waals surface area (Å²) in [7, 11) is 4.24. The molecule has 0 radical (unpaired) electrons. The maximum absolute atomic E-state index is 11.9. The highest BCUT2D eigenvalue weighted by Gasteiger charge is 2.46. The van der Waals surface area contributed by atoms with Crippen LogP contribution >= 0.6 is 12.4 Å². The van der Waals surface area contributed by atoms with E-state index in [1.807, 2.05) is 0 Å². The van der Waals surface area contributed by atoms with Crippen LogP contribution in [0.25, 0.3) is 0 Å². The Bertz CT molecular complexity index is 297. The molecular weight excluding hydrogens is 250 g/mol. The third-order valence-electron chi connectivity index (χ3n) is 4.55. The Morgan fingerprint density at radius 2 is 1.72 bits per heavy atom. The second kappa shape index (κ2) is 5.76. The first kappa shape index (κ1) is 15.7. The number of nitrogens with zero attached hydrogens (tertiary/aromatic N) is 1. The largest absolute Gasteiger partial charge is 0.353 e. The molecule has 4 nitrogen and oxygen atoms in total. The fourth-order valence-corrected chi connectivity index (χ4v) is 2.77. The number of nitrogens with one attached hydrogen (secondary N) is 1. The second-order valence-corrected chi connectivity index (χ2v) is 6.02. The third-order valence-corrected chi connectivity index (χ3v) is 4.55. The number of nitrogens with two attached hydrogens (primary N) is 1. The minimum atomic E-state index is -0.540. The van der Waals surface area contributed by atoms with E-state index >= 15 is 0 Å². The Balaban J connectivity index is 0.00000162. The Kier molecular flexibility index (Phi) is 5.04. The smallest absolute Gasteiger partial charge is 0.240 e. The van der Waals surface area contributed by atoms with Crippen LogP contribution in [-0.4, -0.2) is 42.5 Å². The predicted molar refractivity (Wildman–Crippen MR) is 75.9 cm³/mol. The van der Waals surface area contributed by atoms with Gasteiger partial charge in [0.05, 0.1) is 5.54 Å². The molecule has 3 N–H and O–H groups in total. The predicted octanol–water partition coefficient (Wildman–Crippen LogP) is 1.28. The maximum Gasteiger partial charge on any atom is 0.240 e. The number of hydrogen-bond acceptors (Lipinski definition) is 3. The van der Waals surface area contributed by atoms with Gasteiger partial charge < -0.3 is 16.0 Å². The number of amides is 1. The first-order valence-electron chi connectivity index (χ1n) is 6.73. The highest BCUT2D eigenvalue weighted by atomic mass is 35.5. The fourth-order valence-electron chi connectivity index (χ4n) is 2.77. The number of hydrogen-bond donors (Lipinski definition) is 2. The molecule has 1 amide bonds. The SMILES string of the molecule is CN(C)C1(CNC(=O)C2(N)CC2)CCCCC1.Cl. The van der Waals surface area contributed by atoms with Crippen LogP contribution < -0.4 is 11.1 Å². The van der Waals surface area contributed by atoms with E-state index in [1.54, 1.807) is 0 Å². The average molecular weight is 276 g/mol. The number of rotatable bonds is 4. The quantitative estimate of drug-likeness (QED) is 0.813. The summed E-state index contributed by atoms with van der Waals surface area (Å²) in [6.07, 6.45) is 7.89. The molecule has 0 unspecified atom stereocenters. The molecule has 2 aliphatic rings. The van der Waals surface area contributed by atoms with Crippen LogP contribution in [0.1, 0.15) is 44.9 Å². The molecule has 0 bridgehead atoms. The number of carbonyl (C=O) groups excluding carboxylic acids is 1. The average Bonchev–Trinajstić information content (AvgIpc) is 3.06. The molecule has 0 aromatic rings. The van der Waals surface area contributed by atoms with Crippen molar-refractivity contribution < 1.29 is 4.79 Å². The molecule has 5 heteroatoms. The van der Waals surface area contributed by atoms with Gasteiger partial charge in [0.25, 0.3) is 0 Å². The minimum absolute atomic E-state index is 0. The van der Waals surface area contributed by atoms with Gasteiger partial charge >= 0.3 is 0 Å². The highest BCUT2D eigenvalue weighted by Crippen LogP contribution is 2.34. The van der Waals surface area contributed by atoms with Crippen molar-refractivity contribution in [1.29, 1.82) is 0 Å². The van der Waals surface area contributed by atoms with Gasteiger partial charge in [-0.15, -0.1) is 12.4 Å². The van der Waals surface area contributed by atoms with E-state index in [0.717, 1.165) is 19.4 Å². The van der Waals surface area contributed by atoms with Crippen molar-refractivity contribution in [2.45, 2.75) is 56.0 Å². The lowest BCUT2D eigenvalue weighted by atomic mass is 9.80. The zero-order chi connectivity index (χ0) is 12.5. The summed E-state index contributed by atoms with van der Waals surface area (Å²) in [4.78, 5) is 14.2. The molecule has 106 valence electrons. The molecule has 2 fully saturated rings. The molecule has 18 heavy (non-hydrogen) atoms. The maximum atomic E-state index is 11.9. The van der Waals surface area contributed by atoms with Crippen molar-refractivity contribution in [2.75, 3.05) is 20.6 Å². The molecule has 0 heterocycles. The number of likely N-dealkylation sites (N-methyl/N-ethyl adjacent to an activating group) is 1. The first-order valence-corrected chi connectivity index (χ1v) is 6.73. The zero-order valence-corrected chi connectivity index (χ0v) is 12.3. The Morgan fingerprint density at radius 1 is 1.17 bits per heavy atom. The van der Waals surface area contributed by atoms with Crippen molar-refractivity contribution in [2.24, 2.45) is 5.73 Å². The van der Waals surface area contributed by atoms with E-state index in [9.17, 15) is 4.79 Å². The van der Waals surface area contributed by atoms with E-state index in [-0.39, 0.29) is 23.9 Å². The minimum Gasteiger partial charge on any atom is -0.353 e. The molecule has 0 aromatic carbocycles. The van der Waals surface area contributed by atoms with Gasteiger partial charge in [0.2, 0.25) is 5.91 Å². The van der Waals surface area contributed by atoms with Crippen molar-refractivity contribution >= 4 is 18.3 Å². The van der Waals surface area contributed by atoms with Crippen LogP contribution in [-0.2, 0) is 4.79 Å². The Morgan fingerprint density at radius 3 is 2.17 bits per heavy atom. The molecule has 0 saturated heterocycles. The normalized spacial score (nSPS) is 24.2. The topological polar surface area (TPSA) is 58.4 Å². The van der Waals surface area contributed by atoms with E-state index in [2.05, 4.69) is 24.3 Å². The summed E-state index contributed by atoms with van der Waals surface area (Å²) in [5, 5.41) is 3.07. The van der Waals surface area contributed by atoms with E-state index in [4.69, 9.17) is 5.73 Å². The molecule has 0 atom stereocenters. The fraction of sp³-hybridized carbons (Fsp3) is 0.923. The second-order valence-electron chi connectivity index (χ2n) is 6.02. The summed E-state index contributed by atoms with van der Waals surface area (Å²) < 4.78 is 0. The zero-order valence-electron chi connectivity index (χ0n) is 11.5. The molecule has 2 rings (SSSR count). The monoisotopic (exact) mass is 275 g/mol. The molecular formula is C13H26ClN3O. The Labute approximate surface area is 116 Å². The van der Waals surface area contributed by atoms with Crippen LogP contribution in [0, 0.1) is 0 Å². The van der Waals surface area contributed by atoms with Gasteiger partial charge in [0, 0.05) is 12.1 Å². The molecule has 2 saturated carbocycles. The molecule has 0 aromatic heterocycles. The van der Waals surface area contributed by atoms with Gasteiger partial charge in [-0.2, -0.15) is 0 Å². The van der Waals surface area contributed by atoms with Gasteiger partial charge in [0.1, 0.15) is 0 Å². The van der Waals surface area contributed by atoms with Gasteiger partial charge in [0.15, 0.2) is 0 Å². The number of halogens is 1. The standard InChI is InChI=1S/C13H25N3O.ClH/c1-16(2)12(6-4-3-5-7-12)10-15-11(17)13(14)8-9-13;/h3-10,14H2,1-2H3,(H,15,17);1H. The van der Waals surface area contributed by atoms with Crippen LogP contribution in [0.4, 0.5) is 0 Å². The molecule has 0 spiro atoms. The van der Waals surface area contributed by atoms with E-state index < -0.39 is 5.54 Å².